The number of nitrogens with two attached hydrogens (primary N) is 1. The van der Waals surface area contributed by atoms with Gasteiger partial charge in [-0.15, -0.1) is 0 Å². The Bertz CT molecular complexity index is 490. The molecule has 0 bridgehead atoms. The molecule has 1 heterocycles. The summed E-state index contributed by atoms with van der Waals surface area (Å²) in [5.41, 5.74) is 7.89. The van der Waals surface area contributed by atoms with Crippen molar-refractivity contribution in [2.75, 3.05) is 25.0 Å². The zero-order valence-electron chi connectivity index (χ0n) is 12.0. The van der Waals surface area contributed by atoms with Gasteiger partial charge in [0.15, 0.2) is 0 Å². The largest absolute Gasteiger partial charge is 0.371 e. The van der Waals surface area contributed by atoms with Crippen molar-refractivity contribution in [1.82, 2.24) is 5.32 Å². The molecular weight excluding hydrogens is 274 g/mol. The number of carbonyl (C=O) groups is 1. The van der Waals surface area contributed by atoms with Crippen LogP contribution < -0.4 is 16.0 Å². The van der Waals surface area contributed by atoms with E-state index in [1.807, 2.05) is 25.1 Å². The Morgan fingerprint density at radius 3 is 2.90 bits per heavy atom. The van der Waals surface area contributed by atoms with E-state index in [9.17, 15) is 4.79 Å². The Morgan fingerprint density at radius 2 is 2.30 bits per heavy atom. The summed E-state index contributed by atoms with van der Waals surface area (Å²) in [6, 6.07) is 5.89. The van der Waals surface area contributed by atoms with Crippen molar-refractivity contribution in [3.05, 3.63) is 28.8 Å². The Kier molecular flexibility index (Phi) is 4.89. The summed E-state index contributed by atoms with van der Waals surface area (Å²) in [5, 5.41) is 3.43. The monoisotopic (exact) mass is 295 g/mol. The van der Waals surface area contributed by atoms with Gasteiger partial charge < -0.3 is 16.0 Å². The number of piperidine rings is 1. The second kappa shape index (κ2) is 6.46. The maximum absolute atomic E-state index is 11.8. The quantitative estimate of drug-likeness (QED) is 0.900. The number of benzene rings is 1. The van der Waals surface area contributed by atoms with Crippen LogP contribution in [0.4, 0.5) is 5.69 Å². The molecule has 0 radical (unpaired) electrons. The number of nitrogens with zero attached hydrogens (tertiary/aromatic N) is 1. The third-order valence-electron chi connectivity index (χ3n) is 3.88. The zero-order valence-corrected chi connectivity index (χ0v) is 12.8. The highest BCUT2D eigenvalue weighted by atomic mass is 35.5. The number of hydrogen-bond donors (Lipinski definition) is 2. The minimum Gasteiger partial charge on any atom is -0.371 e. The molecule has 0 aromatic heterocycles. The van der Waals surface area contributed by atoms with Crippen molar-refractivity contribution in [2.45, 2.75) is 25.8 Å². The molecule has 2 rings (SSSR count). The number of anilines is 1. The van der Waals surface area contributed by atoms with Gasteiger partial charge in [-0.2, -0.15) is 0 Å². The topological polar surface area (TPSA) is 58.4 Å². The van der Waals surface area contributed by atoms with Crippen molar-refractivity contribution in [3.63, 3.8) is 0 Å². The first-order chi connectivity index (χ1) is 9.52. The lowest BCUT2D eigenvalue weighted by Gasteiger charge is -2.33. The first-order valence-corrected chi connectivity index (χ1v) is 7.42. The zero-order chi connectivity index (χ0) is 14.7. The van der Waals surface area contributed by atoms with Crippen molar-refractivity contribution in [2.24, 2.45) is 11.7 Å². The predicted molar refractivity (Wildman–Crippen MR) is 83.1 cm³/mol. The molecule has 1 saturated heterocycles. The molecule has 1 aliphatic rings. The molecule has 20 heavy (non-hydrogen) atoms. The number of halogens is 1. The van der Waals surface area contributed by atoms with Crippen molar-refractivity contribution in [3.8, 4) is 0 Å². The predicted octanol–water partition coefficient (Wildman–Crippen LogP) is 2.32. The number of amides is 1. The summed E-state index contributed by atoms with van der Waals surface area (Å²) in [6.45, 7) is 3.62. The normalized spacial score (nSPS) is 20.6. The molecule has 1 aromatic carbocycles. The Balaban J connectivity index is 2.15. The lowest BCUT2D eigenvalue weighted by atomic mass is 9.96. The van der Waals surface area contributed by atoms with E-state index in [0.29, 0.717) is 5.02 Å². The van der Waals surface area contributed by atoms with Crippen LogP contribution in [0.25, 0.3) is 0 Å². The fourth-order valence-electron chi connectivity index (χ4n) is 2.71. The van der Waals surface area contributed by atoms with Gasteiger partial charge in [-0.25, -0.2) is 0 Å². The van der Waals surface area contributed by atoms with Gasteiger partial charge in [0.05, 0.1) is 5.92 Å². The highest BCUT2D eigenvalue weighted by molar-refractivity contribution is 6.31. The van der Waals surface area contributed by atoms with Crippen molar-refractivity contribution >= 4 is 23.2 Å². The number of nitrogens with one attached hydrogen (secondary N) is 1. The third kappa shape index (κ3) is 3.25. The molecule has 5 heteroatoms. The van der Waals surface area contributed by atoms with Gasteiger partial charge in [-0.3, -0.25) is 4.79 Å². The number of rotatable bonds is 3. The molecule has 110 valence electrons. The molecule has 1 fully saturated rings. The van der Waals surface area contributed by atoms with Gasteiger partial charge in [0.2, 0.25) is 5.91 Å². The minimum atomic E-state index is -0.0727. The summed E-state index contributed by atoms with van der Waals surface area (Å²) >= 11 is 6.28. The minimum absolute atomic E-state index is 0.0561. The van der Waals surface area contributed by atoms with Gasteiger partial charge in [0.1, 0.15) is 0 Å². The van der Waals surface area contributed by atoms with Gasteiger partial charge in [0.25, 0.3) is 0 Å². The van der Waals surface area contributed by atoms with Crippen LogP contribution in [0.3, 0.4) is 0 Å². The summed E-state index contributed by atoms with van der Waals surface area (Å²) in [7, 11) is 1.69. The van der Waals surface area contributed by atoms with Crippen LogP contribution in [0.15, 0.2) is 18.2 Å². The molecule has 1 aliphatic heterocycles. The smallest absolute Gasteiger partial charge is 0.224 e. The van der Waals surface area contributed by atoms with Crippen LogP contribution in [0, 0.1) is 5.92 Å². The standard InChI is InChI=1S/C15H22ClN3O/c1-10(17)13-6-5-12(8-14(13)16)19-7-3-4-11(9-19)15(20)18-2/h5-6,8,10-11H,3-4,7,9,17H2,1-2H3,(H,18,20). The Morgan fingerprint density at radius 1 is 1.55 bits per heavy atom. The second-order valence-electron chi connectivity index (χ2n) is 5.39. The molecular formula is C15H22ClN3O. The van der Waals surface area contributed by atoms with Crippen LogP contribution in [0.2, 0.25) is 5.02 Å². The lowest BCUT2D eigenvalue weighted by Crippen LogP contribution is -2.42. The number of carbonyl (C=O) groups excluding carboxylic acids is 1. The average molecular weight is 296 g/mol. The highest BCUT2D eigenvalue weighted by Gasteiger charge is 2.25. The van der Waals surface area contributed by atoms with Crippen LogP contribution in [-0.4, -0.2) is 26.0 Å². The third-order valence-corrected chi connectivity index (χ3v) is 4.21. The molecule has 1 aromatic rings. The second-order valence-corrected chi connectivity index (χ2v) is 5.80. The molecule has 0 saturated carbocycles. The van der Waals surface area contributed by atoms with Gasteiger partial charge in [0, 0.05) is 36.9 Å². The fourth-order valence-corrected chi connectivity index (χ4v) is 3.06. The van der Waals surface area contributed by atoms with Crippen LogP contribution >= 0.6 is 11.6 Å². The SMILES string of the molecule is CNC(=O)C1CCCN(c2ccc(C(C)N)c(Cl)c2)C1. The molecule has 2 unspecified atom stereocenters. The van der Waals surface area contributed by atoms with Gasteiger partial charge >= 0.3 is 0 Å². The highest BCUT2D eigenvalue weighted by Crippen LogP contribution is 2.29. The van der Waals surface area contributed by atoms with Gasteiger partial charge in [-0.05, 0) is 37.5 Å². The average Bonchev–Trinajstić information content (AvgIpc) is 2.46. The van der Waals surface area contributed by atoms with E-state index in [0.717, 1.165) is 37.2 Å². The Labute approximate surface area is 125 Å². The first kappa shape index (κ1) is 15.1. The van der Waals surface area contributed by atoms with Crippen molar-refractivity contribution in [1.29, 1.82) is 0 Å². The molecule has 4 nitrogen and oxygen atoms in total. The maximum Gasteiger partial charge on any atom is 0.224 e. The molecule has 3 N–H and O–H groups in total. The summed E-state index contributed by atoms with van der Waals surface area (Å²) in [5.74, 6) is 0.175. The van der Waals surface area contributed by atoms with E-state index >= 15 is 0 Å². The molecule has 2 atom stereocenters. The number of hydrogen-bond acceptors (Lipinski definition) is 3. The fraction of sp³-hybridized carbons (Fsp3) is 0.533. The molecule has 0 spiro atoms. The van der Waals surface area contributed by atoms with E-state index in [1.165, 1.54) is 0 Å². The van der Waals surface area contributed by atoms with Crippen LogP contribution in [0.1, 0.15) is 31.4 Å². The van der Waals surface area contributed by atoms with Crippen molar-refractivity contribution < 1.29 is 4.79 Å². The lowest BCUT2D eigenvalue weighted by molar-refractivity contribution is -0.124. The summed E-state index contributed by atoms with van der Waals surface area (Å²) in [6.07, 6.45) is 1.96. The first-order valence-electron chi connectivity index (χ1n) is 7.04. The summed E-state index contributed by atoms with van der Waals surface area (Å²) < 4.78 is 0. The van der Waals surface area contributed by atoms with E-state index in [-0.39, 0.29) is 17.9 Å². The van der Waals surface area contributed by atoms with Gasteiger partial charge in [-0.1, -0.05) is 17.7 Å². The summed E-state index contributed by atoms with van der Waals surface area (Å²) in [4.78, 5) is 14.0. The van der Waals surface area contributed by atoms with E-state index in [4.69, 9.17) is 17.3 Å². The van der Waals surface area contributed by atoms with E-state index < -0.39 is 0 Å². The molecule has 1 amide bonds. The van der Waals surface area contributed by atoms with Crippen LogP contribution in [-0.2, 0) is 4.79 Å². The van der Waals surface area contributed by atoms with E-state index in [2.05, 4.69) is 10.2 Å². The Hall–Kier alpha value is -1.26. The van der Waals surface area contributed by atoms with Crippen LogP contribution in [0.5, 0.6) is 0 Å². The molecule has 0 aliphatic carbocycles. The maximum atomic E-state index is 11.8. The van der Waals surface area contributed by atoms with E-state index in [1.54, 1.807) is 7.05 Å².